The van der Waals surface area contributed by atoms with Crippen molar-refractivity contribution in [1.29, 1.82) is 0 Å². The van der Waals surface area contributed by atoms with Crippen LogP contribution in [0.2, 0.25) is 0 Å². The van der Waals surface area contributed by atoms with Crippen molar-refractivity contribution < 1.29 is 0 Å². The average molecular weight is 294 g/mol. The second-order valence-corrected chi connectivity index (χ2v) is 4.81. The van der Waals surface area contributed by atoms with Gasteiger partial charge < -0.3 is 5.32 Å². The topological polar surface area (TPSA) is 29.9 Å². The van der Waals surface area contributed by atoms with E-state index < -0.39 is 0 Å². The van der Waals surface area contributed by atoms with Crippen molar-refractivity contribution in [2.75, 3.05) is 6.54 Å². The molecule has 0 spiro atoms. The highest BCUT2D eigenvalue weighted by atomic mass is 79.9. The van der Waals surface area contributed by atoms with Crippen LogP contribution in [0.15, 0.2) is 34.9 Å². The van der Waals surface area contributed by atoms with Crippen molar-refractivity contribution in [2.45, 2.75) is 20.4 Å². The summed E-state index contributed by atoms with van der Waals surface area (Å²) in [5.74, 6) is 0. The van der Waals surface area contributed by atoms with Crippen LogP contribution in [-0.4, -0.2) is 16.3 Å². The average Bonchev–Trinajstić information content (AvgIpc) is 2.74. The lowest BCUT2D eigenvalue weighted by atomic mass is 10.2. The van der Waals surface area contributed by atoms with Gasteiger partial charge in [0.25, 0.3) is 0 Å². The maximum atomic E-state index is 4.39. The van der Waals surface area contributed by atoms with Crippen LogP contribution in [-0.2, 0) is 6.54 Å². The molecule has 0 saturated heterocycles. The lowest BCUT2D eigenvalue weighted by Crippen LogP contribution is -2.12. The van der Waals surface area contributed by atoms with E-state index in [0.717, 1.165) is 28.9 Å². The maximum Gasteiger partial charge on any atom is 0.0657 e. The molecule has 0 atom stereocenters. The number of halogens is 1. The summed E-state index contributed by atoms with van der Waals surface area (Å²) in [5, 5.41) is 7.71. The van der Waals surface area contributed by atoms with Gasteiger partial charge in [-0.1, -0.05) is 28.9 Å². The summed E-state index contributed by atoms with van der Waals surface area (Å²) >= 11 is 3.60. The van der Waals surface area contributed by atoms with Crippen LogP contribution in [0.4, 0.5) is 0 Å². The van der Waals surface area contributed by atoms with Crippen molar-refractivity contribution in [2.24, 2.45) is 0 Å². The fourth-order valence-corrected chi connectivity index (χ4v) is 2.15. The minimum Gasteiger partial charge on any atom is -0.313 e. The van der Waals surface area contributed by atoms with Crippen LogP contribution in [0.1, 0.15) is 18.2 Å². The quantitative estimate of drug-likeness (QED) is 0.939. The largest absolute Gasteiger partial charge is 0.313 e. The van der Waals surface area contributed by atoms with Gasteiger partial charge in [-0.3, -0.25) is 0 Å². The molecule has 1 aromatic carbocycles. The second-order valence-electron chi connectivity index (χ2n) is 3.96. The highest BCUT2D eigenvalue weighted by molar-refractivity contribution is 9.10. The molecule has 0 fully saturated rings. The van der Waals surface area contributed by atoms with Gasteiger partial charge in [0.1, 0.15) is 0 Å². The molecule has 2 rings (SSSR count). The van der Waals surface area contributed by atoms with E-state index in [1.807, 2.05) is 23.9 Å². The molecule has 0 aliphatic rings. The van der Waals surface area contributed by atoms with Gasteiger partial charge in [-0.25, -0.2) is 4.68 Å². The molecule has 0 amide bonds. The normalized spacial score (nSPS) is 10.8. The number of nitrogens with one attached hydrogen (secondary N) is 1. The SMILES string of the molecule is CCNCc1ccc(-n2ccc(C)n2)cc1Br. The zero-order valence-corrected chi connectivity index (χ0v) is 11.7. The number of hydrogen-bond donors (Lipinski definition) is 1. The predicted molar refractivity (Wildman–Crippen MR) is 73.4 cm³/mol. The Bertz CT molecular complexity index is 505. The Kier molecular flexibility index (Phi) is 3.97. The first-order valence-electron chi connectivity index (χ1n) is 5.72. The van der Waals surface area contributed by atoms with E-state index in [9.17, 15) is 0 Å². The summed E-state index contributed by atoms with van der Waals surface area (Å²) in [6, 6.07) is 8.31. The Morgan fingerprint density at radius 1 is 1.35 bits per heavy atom. The maximum absolute atomic E-state index is 4.39. The Labute approximate surface area is 110 Å². The molecule has 4 heteroatoms. The summed E-state index contributed by atoms with van der Waals surface area (Å²) < 4.78 is 3.00. The van der Waals surface area contributed by atoms with Gasteiger partial charge >= 0.3 is 0 Å². The minimum atomic E-state index is 0.884. The third kappa shape index (κ3) is 2.96. The van der Waals surface area contributed by atoms with Gasteiger partial charge in [0.05, 0.1) is 11.4 Å². The molecule has 90 valence electrons. The summed E-state index contributed by atoms with van der Waals surface area (Å²) in [4.78, 5) is 0. The standard InChI is InChI=1S/C13H16BrN3/c1-3-15-9-11-4-5-12(8-13(11)14)17-7-6-10(2)16-17/h4-8,15H,3,9H2,1-2H3. The lowest BCUT2D eigenvalue weighted by Gasteiger charge is -2.08. The summed E-state index contributed by atoms with van der Waals surface area (Å²) in [6.07, 6.45) is 1.97. The van der Waals surface area contributed by atoms with E-state index in [1.54, 1.807) is 0 Å². The molecule has 1 aromatic heterocycles. The van der Waals surface area contributed by atoms with Gasteiger partial charge in [-0.15, -0.1) is 0 Å². The number of aryl methyl sites for hydroxylation is 1. The molecule has 0 unspecified atom stereocenters. The van der Waals surface area contributed by atoms with E-state index >= 15 is 0 Å². The summed E-state index contributed by atoms with van der Waals surface area (Å²) in [6.45, 7) is 5.96. The first kappa shape index (κ1) is 12.3. The number of hydrogen-bond acceptors (Lipinski definition) is 2. The van der Waals surface area contributed by atoms with Gasteiger partial charge in [0, 0.05) is 17.2 Å². The summed E-state index contributed by atoms with van der Waals surface area (Å²) in [5.41, 5.74) is 3.36. The van der Waals surface area contributed by atoms with Gasteiger partial charge in [0.2, 0.25) is 0 Å². The monoisotopic (exact) mass is 293 g/mol. The van der Waals surface area contributed by atoms with Crippen LogP contribution in [0.25, 0.3) is 5.69 Å². The molecule has 3 nitrogen and oxygen atoms in total. The van der Waals surface area contributed by atoms with Crippen molar-refractivity contribution in [3.8, 4) is 5.69 Å². The highest BCUT2D eigenvalue weighted by Gasteiger charge is 2.03. The van der Waals surface area contributed by atoms with Crippen LogP contribution >= 0.6 is 15.9 Å². The molecule has 1 heterocycles. The Morgan fingerprint density at radius 3 is 2.76 bits per heavy atom. The van der Waals surface area contributed by atoms with E-state index in [2.05, 4.69) is 51.5 Å². The molecule has 0 aliphatic carbocycles. The molecule has 17 heavy (non-hydrogen) atoms. The van der Waals surface area contributed by atoms with Crippen molar-refractivity contribution >= 4 is 15.9 Å². The van der Waals surface area contributed by atoms with E-state index in [0.29, 0.717) is 0 Å². The molecule has 2 aromatic rings. The summed E-state index contributed by atoms with van der Waals surface area (Å²) in [7, 11) is 0. The van der Waals surface area contributed by atoms with E-state index in [1.165, 1.54) is 5.56 Å². The van der Waals surface area contributed by atoms with Crippen LogP contribution < -0.4 is 5.32 Å². The van der Waals surface area contributed by atoms with Crippen LogP contribution in [0.3, 0.4) is 0 Å². The fourth-order valence-electron chi connectivity index (χ4n) is 1.64. The van der Waals surface area contributed by atoms with Gasteiger partial charge in [-0.2, -0.15) is 5.10 Å². The molecule has 0 radical (unpaired) electrons. The zero-order valence-electron chi connectivity index (χ0n) is 10.1. The Morgan fingerprint density at radius 2 is 2.18 bits per heavy atom. The number of benzene rings is 1. The third-order valence-electron chi connectivity index (χ3n) is 2.59. The minimum absolute atomic E-state index is 0.884. The molecule has 0 aliphatic heterocycles. The number of nitrogens with zero attached hydrogens (tertiary/aromatic N) is 2. The van der Waals surface area contributed by atoms with Crippen molar-refractivity contribution in [3.63, 3.8) is 0 Å². The fraction of sp³-hybridized carbons (Fsp3) is 0.308. The van der Waals surface area contributed by atoms with E-state index in [4.69, 9.17) is 0 Å². The Hall–Kier alpha value is -1.13. The van der Waals surface area contributed by atoms with Gasteiger partial charge in [0.15, 0.2) is 0 Å². The van der Waals surface area contributed by atoms with Gasteiger partial charge in [-0.05, 0) is 37.2 Å². The predicted octanol–water partition coefficient (Wildman–Crippen LogP) is 3.05. The first-order valence-corrected chi connectivity index (χ1v) is 6.52. The second kappa shape index (κ2) is 5.47. The number of aromatic nitrogens is 2. The highest BCUT2D eigenvalue weighted by Crippen LogP contribution is 2.20. The number of rotatable bonds is 4. The van der Waals surface area contributed by atoms with E-state index in [-0.39, 0.29) is 0 Å². The van der Waals surface area contributed by atoms with Crippen molar-refractivity contribution in [3.05, 3.63) is 46.2 Å². The molecule has 1 N–H and O–H groups in total. The molecular formula is C13H16BrN3. The third-order valence-corrected chi connectivity index (χ3v) is 3.33. The zero-order chi connectivity index (χ0) is 12.3. The van der Waals surface area contributed by atoms with Crippen LogP contribution in [0, 0.1) is 6.92 Å². The lowest BCUT2D eigenvalue weighted by molar-refractivity contribution is 0.724. The smallest absolute Gasteiger partial charge is 0.0657 e. The molecule has 0 bridgehead atoms. The molecule has 0 saturated carbocycles. The van der Waals surface area contributed by atoms with Crippen molar-refractivity contribution in [1.82, 2.24) is 15.1 Å². The first-order chi connectivity index (χ1) is 8.20. The van der Waals surface area contributed by atoms with Crippen LogP contribution in [0.5, 0.6) is 0 Å². The molecular weight excluding hydrogens is 278 g/mol. The Balaban J connectivity index is 2.24.